The third-order valence-electron chi connectivity index (χ3n) is 5.71. The molecule has 3 aromatic rings. The van der Waals surface area contributed by atoms with Gasteiger partial charge in [-0.15, -0.1) is 0 Å². The van der Waals surface area contributed by atoms with Gasteiger partial charge < -0.3 is 14.5 Å². The number of amides is 1. The Hall–Kier alpha value is -3.02. The number of benzene rings is 2. The Bertz CT molecular complexity index is 1020. The lowest BCUT2D eigenvalue weighted by atomic mass is 9.85. The molecule has 2 heterocycles. The van der Waals surface area contributed by atoms with Crippen LogP contribution in [0.1, 0.15) is 39.2 Å². The highest BCUT2D eigenvalue weighted by Gasteiger charge is 2.42. The maximum Gasteiger partial charge on any atom is 0.415 e. The number of methoxy groups -OCH3 is 1. The zero-order chi connectivity index (χ0) is 19.9. The number of cyclic esters (lactones) is 1. The first-order valence-corrected chi connectivity index (χ1v) is 9.74. The van der Waals surface area contributed by atoms with Crippen LogP contribution in [0.2, 0.25) is 0 Å². The van der Waals surface area contributed by atoms with Crippen LogP contribution in [0.15, 0.2) is 36.4 Å². The van der Waals surface area contributed by atoms with Gasteiger partial charge in [0.1, 0.15) is 17.2 Å². The minimum absolute atomic E-state index is 0.288. The topological polar surface area (TPSA) is 67.5 Å². The van der Waals surface area contributed by atoms with E-state index in [1.54, 1.807) is 12.0 Å². The fourth-order valence-corrected chi connectivity index (χ4v) is 3.97. The van der Waals surface area contributed by atoms with Crippen molar-refractivity contribution in [2.75, 3.05) is 18.6 Å². The fraction of sp³-hybridized carbons (Fsp3) is 0.364. The van der Waals surface area contributed by atoms with Gasteiger partial charge in [-0.2, -0.15) is 0 Å². The molecule has 146 valence electrons. The molecule has 6 heteroatoms. The average Bonchev–Trinajstić information content (AvgIpc) is 3.15. The third-order valence-corrected chi connectivity index (χ3v) is 5.71. The van der Waals surface area contributed by atoms with Crippen LogP contribution >= 0.6 is 0 Å². The molecule has 0 bridgehead atoms. The molecule has 6 nitrogen and oxygen atoms in total. The Morgan fingerprint density at radius 1 is 1.14 bits per heavy atom. The molecule has 1 aromatic heterocycles. The van der Waals surface area contributed by atoms with Crippen LogP contribution in [-0.4, -0.2) is 29.7 Å². The summed E-state index contributed by atoms with van der Waals surface area (Å²) in [7, 11) is 1.65. The molecule has 4 rings (SSSR count). The van der Waals surface area contributed by atoms with E-state index >= 15 is 0 Å². The van der Waals surface area contributed by atoms with Crippen LogP contribution < -0.4 is 9.64 Å². The number of ether oxygens (including phenoxy) is 2. The summed E-state index contributed by atoms with van der Waals surface area (Å²) in [6.07, 6.45) is 1.17. The molecule has 0 atom stereocenters. The highest BCUT2D eigenvalue weighted by Crippen LogP contribution is 2.45. The first-order chi connectivity index (χ1) is 13.5. The second kappa shape index (κ2) is 6.86. The van der Waals surface area contributed by atoms with E-state index in [1.165, 1.54) is 0 Å². The van der Waals surface area contributed by atoms with Gasteiger partial charge in [0.2, 0.25) is 0 Å². The van der Waals surface area contributed by atoms with Gasteiger partial charge in [0, 0.05) is 17.7 Å². The molecule has 1 aliphatic rings. The predicted octanol–water partition coefficient (Wildman–Crippen LogP) is 5.23. The van der Waals surface area contributed by atoms with Crippen LogP contribution in [0.3, 0.4) is 0 Å². The number of H-pyrrole nitrogens is 1. The van der Waals surface area contributed by atoms with E-state index in [9.17, 15) is 4.79 Å². The fourth-order valence-electron chi connectivity index (χ4n) is 3.97. The van der Waals surface area contributed by atoms with Gasteiger partial charge in [0.25, 0.3) is 0 Å². The van der Waals surface area contributed by atoms with Crippen LogP contribution in [0, 0.1) is 0 Å². The van der Waals surface area contributed by atoms with Crippen molar-refractivity contribution in [3.05, 3.63) is 42.0 Å². The lowest BCUT2D eigenvalue weighted by molar-refractivity contribution is -0.000825. The van der Waals surface area contributed by atoms with Crippen LogP contribution in [0.5, 0.6) is 5.75 Å². The first kappa shape index (κ1) is 18.3. The number of nitrogens with one attached hydrogen (secondary N) is 1. The highest BCUT2D eigenvalue weighted by atomic mass is 16.6. The molecular formula is C22H25N3O3. The summed E-state index contributed by atoms with van der Waals surface area (Å²) < 4.78 is 11.1. The Morgan fingerprint density at radius 2 is 1.86 bits per heavy atom. The number of hydrogen-bond acceptors (Lipinski definition) is 4. The number of aromatic nitrogens is 2. The second-order valence-corrected chi connectivity index (χ2v) is 7.01. The van der Waals surface area contributed by atoms with E-state index in [4.69, 9.17) is 14.5 Å². The van der Waals surface area contributed by atoms with Gasteiger partial charge in [-0.1, -0.05) is 13.8 Å². The van der Waals surface area contributed by atoms with E-state index in [-0.39, 0.29) is 6.09 Å². The molecule has 0 unspecified atom stereocenters. The van der Waals surface area contributed by atoms with Gasteiger partial charge >= 0.3 is 6.09 Å². The molecular weight excluding hydrogens is 354 g/mol. The summed E-state index contributed by atoms with van der Waals surface area (Å²) in [6, 6.07) is 11.9. The minimum atomic E-state index is -0.600. The van der Waals surface area contributed by atoms with Crippen molar-refractivity contribution in [3.8, 4) is 17.1 Å². The number of nitrogens with zero attached hydrogens (tertiary/aromatic N) is 2. The number of carbonyl (C=O) groups excluding carboxylic acids is 1. The second-order valence-electron chi connectivity index (χ2n) is 7.01. The molecule has 1 aliphatic heterocycles. The number of hydrogen-bond donors (Lipinski definition) is 1. The van der Waals surface area contributed by atoms with Gasteiger partial charge in [-0.05, 0) is 56.2 Å². The van der Waals surface area contributed by atoms with E-state index in [0.29, 0.717) is 6.54 Å². The number of fused-ring (bicyclic) bond motifs is 2. The van der Waals surface area contributed by atoms with E-state index in [0.717, 1.165) is 52.3 Å². The quantitative estimate of drug-likeness (QED) is 0.659. The van der Waals surface area contributed by atoms with E-state index < -0.39 is 5.60 Å². The Kier molecular flexibility index (Phi) is 4.49. The number of carbonyl (C=O) groups is 1. The summed E-state index contributed by atoms with van der Waals surface area (Å²) in [4.78, 5) is 22.5. The number of anilines is 1. The van der Waals surface area contributed by atoms with Crippen LogP contribution in [-0.2, 0) is 10.3 Å². The Balaban J connectivity index is 1.88. The van der Waals surface area contributed by atoms with Crippen LogP contribution in [0.25, 0.3) is 22.4 Å². The van der Waals surface area contributed by atoms with E-state index in [1.807, 2.05) is 37.3 Å². The SMILES string of the molecule is CCN1C(=O)OC(CC)(CC)c2cc3[nH]c(-c4ccc(OC)cc4)nc3cc21. The summed E-state index contributed by atoms with van der Waals surface area (Å²) in [6.45, 7) is 6.62. The normalized spacial score (nSPS) is 15.4. The molecule has 0 radical (unpaired) electrons. The van der Waals surface area contributed by atoms with Crippen molar-refractivity contribution < 1.29 is 14.3 Å². The summed E-state index contributed by atoms with van der Waals surface area (Å²) in [5.41, 5.74) is 4.08. The van der Waals surface area contributed by atoms with E-state index in [2.05, 4.69) is 24.9 Å². The molecule has 0 spiro atoms. The summed E-state index contributed by atoms with van der Waals surface area (Å²) in [5, 5.41) is 0. The van der Waals surface area contributed by atoms with Gasteiger partial charge in [-0.3, -0.25) is 4.90 Å². The zero-order valence-corrected chi connectivity index (χ0v) is 16.7. The summed E-state index contributed by atoms with van der Waals surface area (Å²) in [5.74, 6) is 1.59. The maximum absolute atomic E-state index is 12.6. The Labute approximate surface area is 164 Å². The largest absolute Gasteiger partial charge is 0.497 e. The van der Waals surface area contributed by atoms with Crippen molar-refractivity contribution in [1.82, 2.24) is 9.97 Å². The molecule has 0 aliphatic carbocycles. The molecule has 2 aromatic carbocycles. The Morgan fingerprint density at radius 3 is 2.46 bits per heavy atom. The van der Waals surface area contributed by atoms with Crippen molar-refractivity contribution in [2.24, 2.45) is 0 Å². The molecule has 1 N–H and O–H groups in total. The van der Waals surface area contributed by atoms with Crippen molar-refractivity contribution >= 4 is 22.8 Å². The maximum atomic E-state index is 12.6. The average molecular weight is 379 g/mol. The van der Waals surface area contributed by atoms with Crippen molar-refractivity contribution in [3.63, 3.8) is 0 Å². The summed E-state index contributed by atoms with van der Waals surface area (Å²) >= 11 is 0. The molecule has 0 fully saturated rings. The van der Waals surface area contributed by atoms with Gasteiger partial charge in [0.05, 0.1) is 23.8 Å². The minimum Gasteiger partial charge on any atom is -0.497 e. The predicted molar refractivity (Wildman–Crippen MR) is 110 cm³/mol. The molecule has 28 heavy (non-hydrogen) atoms. The smallest absolute Gasteiger partial charge is 0.415 e. The van der Waals surface area contributed by atoms with Crippen molar-refractivity contribution in [1.29, 1.82) is 0 Å². The zero-order valence-electron chi connectivity index (χ0n) is 16.7. The standard InChI is InChI=1S/C22H25N3O3/c1-5-22(6-2)16-12-17-18(13-19(16)25(7-3)21(26)28-22)24-20(23-17)14-8-10-15(27-4)11-9-14/h8-13H,5-7H2,1-4H3,(H,23,24). The van der Waals surface area contributed by atoms with Gasteiger partial charge in [0.15, 0.2) is 0 Å². The highest BCUT2D eigenvalue weighted by molar-refractivity contribution is 5.96. The lowest BCUT2D eigenvalue weighted by Gasteiger charge is -2.41. The first-order valence-electron chi connectivity index (χ1n) is 9.74. The van der Waals surface area contributed by atoms with Crippen LogP contribution in [0.4, 0.5) is 10.5 Å². The monoisotopic (exact) mass is 379 g/mol. The molecule has 1 amide bonds. The molecule has 0 saturated heterocycles. The lowest BCUT2D eigenvalue weighted by Crippen LogP contribution is -2.45. The number of aromatic amines is 1. The van der Waals surface area contributed by atoms with Gasteiger partial charge in [-0.25, -0.2) is 9.78 Å². The number of imidazole rings is 1. The van der Waals surface area contributed by atoms with Crippen molar-refractivity contribution in [2.45, 2.75) is 39.2 Å². The number of rotatable bonds is 5. The third kappa shape index (κ3) is 2.71. The molecule has 0 saturated carbocycles.